The van der Waals surface area contributed by atoms with Crippen LogP contribution in [-0.4, -0.2) is 72.7 Å². The van der Waals surface area contributed by atoms with Crippen LogP contribution in [0, 0.1) is 0 Å². The molecule has 0 aromatic heterocycles. The first-order chi connectivity index (χ1) is 8.39. The van der Waals surface area contributed by atoms with Crippen LogP contribution in [0.15, 0.2) is 0 Å². The number of rotatable bonds is 6. The highest BCUT2D eigenvalue weighted by Gasteiger charge is 2.35. The number of aliphatic carboxylic acids is 1. The summed E-state index contributed by atoms with van der Waals surface area (Å²) in [4.78, 5) is 15.9. The van der Waals surface area contributed by atoms with E-state index in [9.17, 15) is 9.90 Å². The fourth-order valence-corrected chi connectivity index (χ4v) is 2.65. The number of nitrogens with one attached hydrogen (secondary N) is 1. The maximum absolute atomic E-state index is 11.4. The topological polar surface area (TPSA) is 55.8 Å². The lowest BCUT2D eigenvalue weighted by Gasteiger charge is -2.39. The molecule has 2 N–H and O–H groups in total. The lowest BCUT2D eigenvalue weighted by atomic mass is 9.98. The summed E-state index contributed by atoms with van der Waals surface area (Å²) < 4.78 is 0. The molecule has 1 fully saturated rings. The van der Waals surface area contributed by atoms with Crippen LogP contribution < -0.4 is 5.32 Å². The molecule has 1 rings (SSSR count). The Morgan fingerprint density at radius 2 is 2.06 bits per heavy atom. The summed E-state index contributed by atoms with van der Waals surface area (Å²) in [6.45, 7) is 7.12. The fraction of sp³-hybridized carbons (Fsp3) is 0.923. The van der Waals surface area contributed by atoms with Gasteiger partial charge in [-0.2, -0.15) is 0 Å². The summed E-state index contributed by atoms with van der Waals surface area (Å²) in [6, 6.07) is 0.499. The highest BCUT2D eigenvalue weighted by atomic mass is 16.4. The monoisotopic (exact) mass is 257 g/mol. The van der Waals surface area contributed by atoms with Gasteiger partial charge >= 0.3 is 5.97 Å². The highest BCUT2D eigenvalue weighted by Crippen LogP contribution is 2.17. The Morgan fingerprint density at radius 1 is 1.50 bits per heavy atom. The van der Waals surface area contributed by atoms with E-state index >= 15 is 0 Å². The van der Waals surface area contributed by atoms with Crippen molar-refractivity contribution in [1.29, 1.82) is 0 Å². The molecule has 1 aliphatic heterocycles. The highest BCUT2D eigenvalue weighted by molar-refractivity contribution is 5.78. The van der Waals surface area contributed by atoms with Gasteiger partial charge in [0.05, 0.1) is 0 Å². The van der Waals surface area contributed by atoms with E-state index in [-0.39, 0.29) is 0 Å². The van der Waals surface area contributed by atoms with Crippen LogP contribution in [-0.2, 0) is 4.79 Å². The molecule has 0 bridgehead atoms. The molecule has 0 spiro atoms. The molecule has 106 valence electrons. The summed E-state index contributed by atoms with van der Waals surface area (Å²) in [5, 5.41) is 12.4. The number of hydrogen-bond acceptors (Lipinski definition) is 4. The van der Waals surface area contributed by atoms with Gasteiger partial charge in [0, 0.05) is 12.6 Å². The molecule has 0 radical (unpaired) electrons. The molecule has 1 heterocycles. The van der Waals surface area contributed by atoms with Gasteiger partial charge in [0.1, 0.15) is 5.54 Å². The minimum Gasteiger partial charge on any atom is -0.480 e. The zero-order valence-corrected chi connectivity index (χ0v) is 12.1. The smallest absolute Gasteiger partial charge is 0.324 e. The molecule has 18 heavy (non-hydrogen) atoms. The lowest BCUT2D eigenvalue weighted by molar-refractivity contribution is -0.145. The maximum atomic E-state index is 11.4. The van der Waals surface area contributed by atoms with Crippen LogP contribution >= 0.6 is 0 Å². The summed E-state index contributed by atoms with van der Waals surface area (Å²) in [7, 11) is 4.17. The average molecular weight is 257 g/mol. The Balaban J connectivity index is 2.56. The number of carboxylic acid groups (broad SMARTS) is 1. The van der Waals surface area contributed by atoms with Gasteiger partial charge in [-0.3, -0.25) is 4.79 Å². The van der Waals surface area contributed by atoms with E-state index in [1.54, 1.807) is 6.92 Å². The van der Waals surface area contributed by atoms with Crippen molar-refractivity contribution in [2.45, 2.75) is 38.3 Å². The molecule has 1 saturated heterocycles. The minimum absolute atomic E-state index is 0.499. The van der Waals surface area contributed by atoms with Crippen molar-refractivity contribution in [3.63, 3.8) is 0 Å². The van der Waals surface area contributed by atoms with Crippen LogP contribution in [0.5, 0.6) is 0 Å². The number of likely N-dealkylation sites (N-methyl/N-ethyl adjacent to an activating group) is 2. The first-order valence-electron chi connectivity index (χ1n) is 6.76. The van der Waals surface area contributed by atoms with Crippen LogP contribution in [0.3, 0.4) is 0 Å². The quantitative estimate of drug-likeness (QED) is 0.724. The average Bonchev–Trinajstić information content (AvgIpc) is 2.29. The second kappa shape index (κ2) is 6.50. The molecular weight excluding hydrogens is 230 g/mol. The second-order valence-electron chi connectivity index (χ2n) is 5.62. The Bertz CT molecular complexity index is 277. The molecule has 0 saturated carbocycles. The minimum atomic E-state index is -0.854. The van der Waals surface area contributed by atoms with E-state index in [0.717, 1.165) is 25.9 Å². The van der Waals surface area contributed by atoms with Gasteiger partial charge < -0.3 is 20.2 Å². The second-order valence-corrected chi connectivity index (χ2v) is 5.62. The van der Waals surface area contributed by atoms with Crippen molar-refractivity contribution >= 4 is 5.97 Å². The van der Waals surface area contributed by atoms with Crippen LogP contribution in [0.25, 0.3) is 0 Å². The zero-order valence-electron chi connectivity index (χ0n) is 12.1. The zero-order chi connectivity index (χ0) is 13.8. The normalized spacial score (nSPS) is 22.1. The molecule has 1 atom stereocenters. The van der Waals surface area contributed by atoms with Gasteiger partial charge in [0.2, 0.25) is 0 Å². The molecular formula is C13H27N3O2. The van der Waals surface area contributed by atoms with Crippen molar-refractivity contribution in [1.82, 2.24) is 15.1 Å². The summed E-state index contributed by atoms with van der Waals surface area (Å²) in [5.41, 5.74) is -0.854. The van der Waals surface area contributed by atoms with Crippen molar-refractivity contribution in [3.8, 4) is 0 Å². The molecule has 1 unspecified atom stereocenters. The fourth-order valence-electron chi connectivity index (χ4n) is 2.65. The van der Waals surface area contributed by atoms with E-state index in [0.29, 0.717) is 19.1 Å². The Morgan fingerprint density at radius 3 is 2.50 bits per heavy atom. The molecule has 0 aromatic carbocycles. The van der Waals surface area contributed by atoms with Crippen LogP contribution in [0.4, 0.5) is 0 Å². The van der Waals surface area contributed by atoms with Crippen LogP contribution in [0.1, 0.15) is 26.7 Å². The van der Waals surface area contributed by atoms with Gasteiger partial charge in [0.25, 0.3) is 0 Å². The number of likely N-dealkylation sites (tertiary alicyclic amines) is 1. The van der Waals surface area contributed by atoms with Gasteiger partial charge in [-0.1, -0.05) is 6.92 Å². The molecule has 5 nitrogen and oxygen atoms in total. The SMILES string of the molecule is CCNC(C)(CN(C)C1CCN(C)CC1)C(=O)O. The van der Waals surface area contributed by atoms with Gasteiger partial charge in [0.15, 0.2) is 0 Å². The lowest BCUT2D eigenvalue weighted by Crippen LogP contribution is -2.58. The Labute approximate surface area is 110 Å². The number of piperidine rings is 1. The van der Waals surface area contributed by atoms with Gasteiger partial charge in [-0.25, -0.2) is 0 Å². The molecule has 0 aromatic rings. The Kier molecular flexibility index (Phi) is 5.56. The first-order valence-corrected chi connectivity index (χ1v) is 6.76. The van der Waals surface area contributed by atoms with E-state index < -0.39 is 11.5 Å². The van der Waals surface area contributed by atoms with E-state index in [1.165, 1.54) is 0 Å². The van der Waals surface area contributed by atoms with Crippen molar-refractivity contribution in [2.75, 3.05) is 40.3 Å². The van der Waals surface area contributed by atoms with Crippen molar-refractivity contribution in [3.05, 3.63) is 0 Å². The standard InChI is InChI=1S/C13H27N3O2/c1-5-14-13(2,12(17)18)10-16(4)11-6-8-15(3)9-7-11/h11,14H,5-10H2,1-4H3,(H,17,18). The number of carboxylic acids is 1. The third kappa shape index (κ3) is 3.93. The van der Waals surface area contributed by atoms with Crippen LogP contribution in [0.2, 0.25) is 0 Å². The summed E-state index contributed by atoms with van der Waals surface area (Å²) >= 11 is 0. The van der Waals surface area contributed by atoms with E-state index in [1.807, 2.05) is 14.0 Å². The largest absolute Gasteiger partial charge is 0.480 e. The number of hydrogen-bond donors (Lipinski definition) is 2. The Hall–Kier alpha value is -0.650. The number of nitrogens with zero attached hydrogens (tertiary/aromatic N) is 2. The molecule has 1 aliphatic rings. The number of carbonyl (C=O) groups is 1. The third-order valence-electron chi connectivity index (χ3n) is 3.92. The summed E-state index contributed by atoms with van der Waals surface area (Å²) in [6.07, 6.45) is 2.24. The van der Waals surface area contributed by atoms with E-state index in [2.05, 4.69) is 22.2 Å². The van der Waals surface area contributed by atoms with Crippen molar-refractivity contribution in [2.24, 2.45) is 0 Å². The molecule has 0 aliphatic carbocycles. The maximum Gasteiger partial charge on any atom is 0.324 e. The van der Waals surface area contributed by atoms with Gasteiger partial charge in [-0.05, 0) is 53.5 Å². The molecule has 0 amide bonds. The first kappa shape index (κ1) is 15.4. The molecule has 5 heteroatoms. The predicted octanol–water partition coefficient (Wildman–Crippen LogP) is 0.465. The van der Waals surface area contributed by atoms with Gasteiger partial charge in [-0.15, -0.1) is 0 Å². The van der Waals surface area contributed by atoms with E-state index in [4.69, 9.17) is 0 Å². The third-order valence-corrected chi connectivity index (χ3v) is 3.92. The predicted molar refractivity (Wildman–Crippen MR) is 72.9 cm³/mol. The summed E-state index contributed by atoms with van der Waals surface area (Å²) in [5.74, 6) is -0.774. The van der Waals surface area contributed by atoms with Crippen molar-refractivity contribution < 1.29 is 9.90 Å².